The van der Waals surface area contributed by atoms with E-state index in [-0.39, 0.29) is 11.9 Å². The third-order valence-electron chi connectivity index (χ3n) is 4.07. The van der Waals surface area contributed by atoms with E-state index < -0.39 is 0 Å². The molecule has 3 aromatic rings. The Labute approximate surface area is 143 Å². The van der Waals surface area contributed by atoms with Gasteiger partial charge in [-0.3, -0.25) is 4.79 Å². The Hall–Kier alpha value is -2.67. The molecule has 0 bridgehead atoms. The van der Waals surface area contributed by atoms with Gasteiger partial charge in [-0.05, 0) is 30.7 Å². The second-order valence-corrected chi connectivity index (χ2v) is 6.49. The fraction of sp³-hybridized carbons (Fsp3) is 0.235. The summed E-state index contributed by atoms with van der Waals surface area (Å²) in [5.41, 5.74) is 3.11. The molecule has 0 radical (unpaired) electrons. The summed E-state index contributed by atoms with van der Waals surface area (Å²) >= 11 is 1.42. The fourth-order valence-corrected chi connectivity index (χ4v) is 3.38. The molecule has 0 unspecified atom stereocenters. The summed E-state index contributed by atoms with van der Waals surface area (Å²) in [5, 5.41) is 5.42. The van der Waals surface area contributed by atoms with E-state index in [0.717, 1.165) is 30.0 Å². The van der Waals surface area contributed by atoms with Crippen LogP contribution in [0.2, 0.25) is 0 Å². The highest BCUT2D eigenvalue weighted by atomic mass is 32.1. The monoisotopic (exact) mass is 340 g/mol. The molecule has 0 spiro atoms. The molecular formula is C17H16N4O2S. The summed E-state index contributed by atoms with van der Waals surface area (Å²) in [7, 11) is 0. The highest BCUT2D eigenvalue weighted by Gasteiger charge is 2.17. The number of aromatic nitrogens is 3. The Morgan fingerprint density at radius 1 is 1.46 bits per heavy atom. The minimum absolute atomic E-state index is 0.115. The van der Waals surface area contributed by atoms with Gasteiger partial charge in [0.2, 0.25) is 5.91 Å². The molecule has 1 aliphatic heterocycles. The van der Waals surface area contributed by atoms with Crippen LogP contribution in [0.3, 0.4) is 0 Å². The van der Waals surface area contributed by atoms with Gasteiger partial charge in [-0.1, -0.05) is 0 Å². The molecule has 1 N–H and O–H groups in total. The van der Waals surface area contributed by atoms with Crippen molar-refractivity contribution in [3.63, 3.8) is 0 Å². The average molecular weight is 340 g/mol. The van der Waals surface area contributed by atoms with Crippen molar-refractivity contribution in [3.8, 4) is 17.0 Å². The highest BCUT2D eigenvalue weighted by molar-refractivity contribution is 7.14. The number of benzene rings is 1. The first-order valence-corrected chi connectivity index (χ1v) is 8.58. The zero-order valence-corrected chi connectivity index (χ0v) is 13.9. The first kappa shape index (κ1) is 14.9. The standard InChI is InChI=1S/C17H16N4O2S/c1-11(21-6-5-18-10-21)16(22)20-17-19-14(9-24-17)12-2-3-15-13(8-12)4-7-23-15/h2-3,5-6,8-11H,4,7H2,1H3,(H,19,20,22)/t11-/m0/s1. The van der Waals surface area contributed by atoms with Gasteiger partial charge in [-0.15, -0.1) is 11.3 Å². The van der Waals surface area contributed by atoms with E-state index in [9.17, 15) is 4.79 Å². The highest BCUT2D eigenvalue weighted by Crippen LogP contribution is 2.32. The summed E-state index contributed by atoms with van der Waals surface area (Å²) in [5.74, 6) is 0.841. The van der Waals surface area contributed by atoms with E-state index in [2.05, 4.69) is 21.4 Å². The number of carbonyl (C=O) groups excluding carboxylic acids is 1. The van der Waals surface area contributed by atoms with Crippen molar-refractivity contribution in [2.24, 2.45) is 0 Å². The molecule has 1 aromatic carbocycles. The molecular weight excluding hydrogens is 324 g/mol. The maximum Gasteiger partial charge on any atom is 0.248 e. The van der Waals surface area contributed by atoms with Crippen molar-refractivity contribution < 1.29 is 9.53 Å². The van der Waals surface area contributed by atoms with Crippen LogP contribution in [0.15, 0.2) is 42.3 Å². The Bertz CT molecular complexity index is 873. The van der Waals surface area contributed by atoms with E-state index in [1.807, 2.05) is 24.4 Å². The Morgan fingerprint density at radius 3 is 3.21 bits per heavy atom. The lowest BCUT2D eigenvalue weighted by atomic mass is 10.1. The van der Waals surface area contributed by atoms with Crippen molar-refractivity contribution in [2.45, 2.75) is 19.4 Å². The Kier molecular flexibility index (Phi) is 3.78. The van der Waals surface area contributed by atoms with E-state index in [4.69, 9.17) is 4.74 Å². The second kappa shape index (κ2) is 6.09. The Morgan fingerprint density at radius 2 is 2.38 bits per heavy atom. The van der Waals surface area contributed by atoms with Gasteiger partial charge in [0.05, 0.1) is 18.6 Å². The van der Waals surface area contributed by atoms with E-state index in [0.29, 0.717) is 5.13 Å². The van der Waals surface area contributed by atoms with Gasteiger partial charge in [-0.2, -0.15) is 0 Å². The minimum Gasteiger partial charge on any atom is -0.493 e. The molecule has 0 saturated heterocycles. The number of imidazole rings is 1. The summed E-state index contributed by atoms with van der Waals surface area (Å²) in [6, 6.07) is 5.75. The molecule has 3 heterocycles. The van der Waals surface area contributed by atoms with E-state index >= 15 is 0 Å². The minimum atomic E-state index is -0.336. The Balaban J connectivity index is 1.50. The number of ether oxygens (including phenoxy) is 1. The van der Waals surface area contributed by atoms with Gasteiger partial charge in [-0.25, -0.2) is 9.97 Å². The lowest BCUT2D eigenvalue weighted by Gasteiger charge is -2.11. The largest absolute Gasteiger partial charge is 0.493 e. The third-order valence-corrected chi connectivity index (χ3v) is 4.83. The molecule has 6 nitrogen and oxygen atoms in total. The number of rotatable bonds is 4. The molecule has 1 aliphatic rings. The van der Waals surface area contributed by atoms with Gasteiger partial charge in [0.1, 0.15) is 11.8 Å². The van der Waals surface area contributed by atoms with Gasteiger partial charge in [0, 0.05) is 29.8 Å². The number of nitrogens with one attached hydrogen (secondary N) is 1. The number of thiazole rings is 1. The van der Waals surface area contributed by atoms with Crippen molar-refractivity contribution in [2.75, 3.05) is 11.9 Å². The number of hydrogen-bond acceptors (Lipinski definition) is 5. The quantitative estimate of drug-likeness (QED) is 0.792. The van der Waals surface area contributed by atoms with Crippen LogP contribution >= 0.6 is 11.3 Å². The number of carbonyl (C=O) groups is 1. The smallest absolute Gasteiger partial charge is 0.248 e. The zero-order chi connectivity index (χ0) is 16.5. The van der Waals surface area contributed by atoms with Crippen molar-refractivity contribution >= 4 is 22.4 Å². The molecule has 0 saturated carbocycles. The molecule has 122 valence electrons. The van der Waals surface area contributed by atoms with Crippen LogP contribution in [-0.2, 0) is 11.2 Å². The van der Waals surface area contributed by atoms with E-state index in [1.54, 1.807) is 23.3 Å². The maximum absolute atomic E-state index is 12.3. The van der Waals surface area contributed by atoms with Crippen LogP contribution in [0, 0.1) is 0 Å². The lowest BCUT2D eigenvalue weighted by Crippen LogP contribution is -2.22. The van der Waals surface area contributed by atoms with Crippen LogP contribution in [-0.4, -0.2) is 27.0 Å². The van der Waals surface area contributed by atoms with Gasteiger partial charge in [0.25, 0.3) is 0 Å². The SMILES string of the molecule is C[C@@H](C(=O)Nc1nc(-c2ccc3c(c2)CCO3)cs1)n1ccnc1. The summed E-state index contributed by atoms with van der Waals surface area (Å²) in [4.78, 5) is 20.8. The topological polar surface area (TPSA) is 69.0 Å². The molecule has 1 amide bonds. The van der Waals surface area contributed by atoms with Crippen molar-refractivity contribution in [1.82, 2.24) is 14.5 Å². The summed E-state index contributed by atoms with van der Waals surface area (Å²) in [6.07, 6.45) is 5.98. The molecule has 0 aliphatic carbocycles. The van der Waals surface area contributed by atoms with Crippen LogP contribution in [0.1, 0.15) is 18.5 Å². The summed E-state index contributed by atoms with van der Waals surface area (Å²) < 4.78 is 7.28. The number of anilines is 1. The molecule has 24 heavy (non-hydrogen) atoms. The van der Waals surface area contributed by atoms with Crippen LogP contribution in [0.5, 0.6) is 5.75 Å². The van der Waals surface area contributed by atoms with Crippen molar-refractivity contribution in [1.29, 1.82) is 0 Å². The predicted molar refractivity (Wildman–Crippen MR) is 92.3 cm³/mol. The van der Waals surface area contributed by atoms with Crippen molar-refractivity contribution in [3.05, 3.63) is 47.9 Å². The van der Waals surface area contributed by atoms with Gasteiger partial charge >= 0.3 is 0 Å². The number of fused-ring (bicyclic) bond motifs is 1. The van der Waals surface area contributed by atoms with E-state index in [1.165, 1.54) is 16.9 Å². The molecule has 1 atom stereocenters. The van der Waals surface area contributed by atoms with Gasteiger partial charge < -0.3 is 14.6 Å². The normalized spacial score (nSPS) is 14.0. The second-order valence-electron chi connectivity index (χ2n) is 5.63. The van der Waals surface area contributed by atoms with Crippen LogP contribution in [0.4, 0.5) is 5.13 Å². The third kappa shape index (κ3) is 2.78. The predicted octanol–water partition coefficient (Wildman–Crippen LogP) is 3.14. The van der Waals surface area contributed by atoms with Gasteiger partial charge in [0.15, 0.2) is 5.13 Å². The first-order chi connectivity index (χ1) is 11.7. The molecule has 7 heteroatoms. The fourth-order valence-electron chi connectivity index (χ4n) is 2.65. The number of hydrogen-bond donors (Lipinski definition) is 1. The molecule has 0 fully saturated rings. The zero-order valence-electron chi connectivity index (χ0n) is 13.1. The number of nitrogens with zero attached hydrogens (tertiary/aromatic N) is 3. The molecule has 4 rings (SSSR count). The average Bonchev–Trinajstić information content (AvgIpc) is 3.34. The summed E-state index contributed by atoms with van der Waals surface area (Å²) in [6.45, 7) is 2.56. The maximum atomic E-state index is 12.3. The lowest BCUT2D eigenvalue weighted by molar-refractivity contribution is -0.118. The number of amides is 1. The first-order valence-electron chi connectivity index (χ1n) is 7.70. The van der Waals surface area contributed by atoms with Crippen LogP contribution in [0.25, 0.3) is 11.3 Å². The van der Waals surface area contributed by atoms with Crippen LogP contribution < -0.4 is 10.1 Å². The molecule has 2 aromatic heterocycles.